The standard InChI is InChI=1S/C15H17NO5.C2H2/c1-3-21-14(18)9-16-12(8-13(16)17)10-6-4-5-7-11(10)15(19)20-2;1-2/h4-7,12H,3,8-9H2,1-2H3;1-2H/t12-;/m0./s1. The molecule has 1 aromatic rings. The molecule has 0 unspecified atom stereocenters. The van der Waals surface area contributed by atoms with Crippen LogP contribution in [-0.2, 0) is 19.1 Å². The van der Waals surface area contributed by atoms with Gasteiger partial charge in [-0.15, -0.1) is 12.8 Å². The lowest BCUT2D eigenvalue weighted by Gasteiger charge is -2.40. The van der Waals surface area contributed by atoms with Gasteiger partial charge >= 0.3 is 11.9 Å². The summed E-state index contributed by atoms with van der Waals surface area (Å²) in [6, 6.07) is 6.63. The zero-order chi connectivity index (χ0) is 17.4. The largest absolute Gasteiger partial charge is 0.465 e. The van der Waals surface area contributed by atoms with Crippen molar-refractivity contribution in [3.63, 3.8) is 0 Å². The minimum Gasteiger partial charge on any atom is -0.465 e. The summed E-state index contributed by atoms with van der Waals surface area (Å²) in [5, 5.41) is 0. The van der Waals surface area contributed by atoms with Crippen LogP contribution in [0.2, 0.25) is 0 Å². The van der Waals surface area contributed by atoms with Crippen LogP contribution in [0.4, 0.5) is 0 Å². The third kappa shape index (κ3) is 4.10. The van der Waals surface area contributed by atoms with Crippen LogP contribution in [0.5, 0.6) is 0 Å². The first-order valence-corrected chi connectivity index (χ1v) is 7.04. The van der Waals surface area contributed by atoms with Gasteiger partial charge < -0.3 is 14.4 Å². The normalized spacial score (nSPS) is 15.7. The Kier molecular flexibility index (Phi) is 6.81. The Morgan fingerprint density at radius 1 is 1.30 bits per heavy atom. The molecule has 0 saturated carbocycles. The first kappa shape index (κ1) is 18.2. The average molecular weight is 317 g/mol. The molecule has 1 aliphatic rings. The summed E-state index contributed by atoms with van der Waals surface area (Å²) in [6.45, 7) is 1.87. The number of amides is 1. The van der Waals surface area contributed by atoms with Crippen LogP contribution in [0.15, 0.2) is 24.3 Å². The van der Waals surface area contributed by atoms with Crippen LogP contribution in [0.25, 0.3) is 0 Å². The van der Waals surface area contributed by atoms with Crippen LogP contribution in [-0.4, -0.2) is 43.0 Å². The third-order valence-electron chi connectivity index (χ3n) is 3.39. The zero-order valence-electron chi connectivity index (χ0n) is 13.2. The summed E-state index contributed by atoms with van der Waals surface area (Å²) in [5.41, 5.74) is 1.10. The number of likely N-dealkylation sites (tertiary alicyclic amines) is 1. The highest BCUT2D eigenvalue weighted by molar-refractivity contribution is 5.93. The predicted octanol–water partition coefficient (Wildman–Crippen LogP) is 1.56. The van der Waals surface area contributed by atoms with Gasteiger partial charge in [0.2, 0.25) is 5.91 Å². The molecule has 1 aromatic carbocycles. The number of hydrogen-bond acceptors (Lipinski definition) is 5. The molecule has 1 amide bonds. The monoisotopic (exact) mass is 317 g/mol. The summed E-state index contributed by atoms with van der Waals surface area (Å²) in [6.07, 6.45) is 8.27. The maximum atomic E-state index is 11.8. The molecule has 1 fully saturated rings. The van der Waals surface area contributed by atoms with Gasteiger partial charge in [-0.25, -0.2) is 4.79 Å². The number of carbonyl (C=O) groups is 3. The van der Waals surface area contributed by atoms with E-state index in [0.717, 1.165) is 0 Å². The number of esters is 2. The minimum absolute atomic E-state index is 0.104. The minimum atomic E-state index is -0.457. The second-order valence-corrected chi connectivity index (χ2v) is 4.63. The van der Waals surface area contributed by atoms with Gasteiger partial charge in [-0.3, -0.25) is 9.59 Å². The number of hydrogen-bond donors (Lipinski definition) is 0. The van der Waals surface area contributed by atoms with Crippen molar-refractivity contribution in [2.45, 2.75) is 19.4 Å². The number of ether oxygens (including phenoxy) is 2. The lowest BCUT2D eigenvalue weighted by atomic mass is 9.90. The van der Waals surface area contributed by atoms with E-state index in [-0.39, 0.29) is 31.5 Å². The van der Waals surface area contributed by atoms with E-state index < -0.39 is 11.9 Å². The molecular weight excluding hydrogens is 298 g/mol. The lowest BCUT2D eigenvalue weighted by Crippen LogP contribution is -2.49. The highest BCUT2D eigenvalue weighted by Crippen LogP contribution is 2.36. The van der Waals surface area contributed by atoms with Crippen LogP contribution < -0.4 is 0 Å². The maximum absolute atomic E-state index is 11.8. The van der Waals surface area contributed by atoms with Crippen molar-refractivity contribution in [3.8, 4) is 12.8 Å². The SMILES string of the molecule is C#C.CCOC(=O)CN1C(=O)C[C@H]1c1ccccc1C(=O)OC. The molecule has 1 heterocycles. The molecule has 1 atom stereocenters. The molecule has 1 saturated heterocycles. The Balaban J connectivity index is 0.00000127. The fourth-order valence-corrected chi connectivity index (χ4v) is 2.36. The summed E-state index contributed by atoms with van der Waals surface area (Å²) >= 11 is 0. The first-order valence-electron chi connectivity index (χ1n) is 7.04. The van der Waals surface area contributed by atoms with E-state index in [2.05, 4.69) is 12.8 Å². The third-order valence-corrected chi connectivity index (χ3v) is 3.39. The van der Waals surface area contributed by atoms with Crippen molar-refractivity contribution in [2.24, 2.45) is 0 Å². The number of benzene rings is 1. The molecule has 0 aromatic heterocycles. The molecule has 0 N–H and O–H groups in total. The number of nitrogens with zero attached hydrogens (tertiary/aromatic N) is 1. The van der Waals surface area contributed by atoms with Gasteiger partial charge in [0, 0.05) is 0 Å². The van der Waals surface area contributed by atoms with Crippen molar-refractivity contribution in [1.29, 1.82) is 0 Å². The highest BCUT2D eigenvalue weighted by Gasteiger charge is 2.40. The number of methoxy groups -OCH3 is 1. The van der Waals surface area contributed by atoms with Crippen LogP contribution in [0.1, 0.15) is 35.3 Å². The molecule has 2 rings (SSSR count). The maximum Gasteiger partial charge on any atom is 0.338 e. The Labute approximate surface area is 135 Å². The number of carbonyl (C=O) groups excluding carboxylic acids is 3. The van der Waals surface area contributed by atoms with Gasteiger partial charge in [-0.05, 0) is 18.6 Å². The van der Waals surface area contributed by atoms with Crippen molar-refractivity contribution in [2.75, 3.05) is 20.3 Å². The van der Waals surface area contributed by atoms with Gasteiger partial charge in [-0.2, -0.15) is 0 Å². The second kappa shape index (κ2) is 8.59. The Morgan fingerprint density at radius 2 is 1.96 bits per heavy atom. The van der Waals surface area contributed by atoms with Crippen molar-refractivity contribution >= 4 is 17.8 Å². The summed E-state index contributed by atoms with van der Waals surface area (Å²) in [7, 11) is 1.31. The lowest BCUT2D eigenvalue weighted by molar-refractivity contribution is -0.157. The first-order chi connectivity index (χ1) is 11.1. The number of terminal acetylenes is 1. The van der Waals surface area contributed by atoms with E-state index in [4.69, 9.17) is 9.47 Å². The Bertz CT molecular complexity index is 608. The van der Waals surface area contributed by atoms with E-state index in [9.17, 15) is 14.4 Å². The average Bonchev–Trinajstić information content (AvgIpc) is 2.59. The summed E-state index contributed by atoms with van der Waals surface area (Å²) in [4.78, 5) is 36.4. The summed E-state index contributed by atoms with van der Waals surface area (Å²) in [5.74, 6) is -1.04. The topological polar surface area (TPSA) is 72.9 Å². The van der Waals surface area contributed by atoms with Gasteiger partial charge in [0.05, 0.1) is 31.7 Å². The smallest absolute Gasteiger partial charge is 0.338 e. The van der Waals surface area contributed by atoms with Crippen LogP contribution in [0.3, 0.4) is 0 Å². The molecule has 6 heteroatoms. The second-order valence-electron chi connectivity index (χ2n) is 4.63. The van der Waals surface area contributed by atoms with Crippen molar-refractivity contribution in [3.05, 3.63) is 35.4 Å². The molecule has 0 spiro atoms. The molecule has 0 radical (unpaired) electrons. The Morgan fingerprint density at radius 3 is 2.52 bits per heavy atom. The van der Waals surface area contributed by atoms with E-state index in [1.54, 1.807) is 31.2 Å². The van der Waals surface area contributed by atoms with Gasteiger partial charge in [0.1, 0.15) is 6.54 Å². The molecule has 0 bridgehead atoms. The quantitative estimate of drug-likeness (QED) is 0.468. The van der Waals surface area contributed by atoms with Gasteiger partial charge in [-0.1, -0.05) is 18.2 Å². The van der Waals surface area contributed by atoms with Crippen molar-refractivity contribution < 1.29 is 23.9 Å². The molecule has 0 aliphatic carbocycles. The van der Waals surface area contributed by atoms with Gasteiger partial charge in [0.25, 0.3) is 0 Å². The number of β-lactam (4-membered cyclic amide) rings is 1. The highest BCUT2D eigenvalue weighted by atomic mass is 16.5. The van der Waals surface area contributed by atoms with Crippen molar-refractivity contribution in [1.82, 2.24) is 4.90 Å². The fourth-order valence-electron chi connectivity index (χ4n) is 2.36. The molecule has 6 nitrogen and oxygen atoms in total. The van der Waals surface area contributed by atoms with E-state index in [1.807, 2.05) is 0 Å². The fraction of sp³-hybridized carbons (Fsp3) is 0.353. The van der Waals surface area contributed by atoms with E-state index in [1.165, 1.54) is 12.0 Å². The molecule has 23 heavy (non-hydrogen) atoms. The molecule has 1 aliphatic heterocycles. The molecule has 122 valence electrons. The van der Waals surface area contributed by atoms with Crippen LogP contribution in [0, 0.1) is 12.8 Å². The Hall–Kier alpha value is -2.81. The molecular formula is C17H19NO5. The van der Waals surface area contributed by atoms with E-state index >= 15 is 0 Å². The van der Waals surface area contributed by atoms with Gasteiger partial charge in [0.15, 0.2) is 0 Å². The predicted molar refractivity (Wildman–Crippen MR) is 83.4 cm³/mol. The van der Waals surface area contributed by atoms with Crippen LogP contribution >= 0.6 is 0 Å². The summed E-state index contributed by atoms with van der Waals surface area (Å²) < 4.78 is 9.60. The number of rotatable bonds is 5. The zero-order valence-corrected chi connectivity index (χ0v) is 13.2. The van der Waals surface area contributed by atoms with E-state index in [0.29, 0.717) is 11.1 Å².